The molecule has 0 bridgehead atoms. The van der Waals surface area contributed by atoms with Crippen LogP contribution in [0.1, 0.15) is 16.7 Å². The van der Waals surface area contributed by atoms with Crippen molar-refractivity contribution in [2.75, 3.05) is 13.2 Å². The zero-order chi connectivity index (χ0) is 16.9. The molecule has 0 saturated carbocycles. The first-order valence-corrected chi connectivity index (χ1v) is 7.84. The molecule has 1 aliphatic rings. The van der Waals surface area contributed by atoms with Gasteiger partial charge in [-0.1, -0.05) is 11.6 Å². The molecular weight excluding hydrogens is 330 g/mol. The van der Waals surface area contributed by atoms with Crippen molar-refractivity contribution < 1.29 is 19.0 Å². The minimum atomic E-state index is -0.442. The number of esters is 1. The summed E-state index contributed by atoms with van der Waals surface area (Å²) in [7, 11) is 0. The third-order valence-corrected chi connectivity index (χ3v) is 3.63. The van der Waals surface area contributed by atoms with Crippen LogP contribution in [-0.2, 0) is 16.1 Å². The van der Waals surface area contributed by atoms with Crippen LogP contribution >= 0.6 is 11.6 Å². The van der Waals surface area contributed by atoms with Crippen molar-refractivity contribution in [1.29, 1.82) is 0 Å². The highest BCUT2D eigenvalue weighted by molar-refractivity contribution is 6.32. The quantitative estimate of drug-likeness (QED) is 0.626. The minimum absolute atomic E-state index is 0.103. The second-order valence-electron chi connectivity index (χ2n) is 5.34. The first kappa shape index (κ1) is 16.3. The number of ether oxygens (including phenoxy) is 3. The summed E-state index contributed by atoms with van der Waals surface area (Å²) < 4.78 is 16.2. The molecule has 24 heavy (non-hydrogen) atoms. The predicted molar refractivity (Wildman–Crippen MR) is 90.2 cm³/mol. The number of hydrogen-bond acceptors (Lipinski definition) is 5. The highest BCUT2D eigenvalue weighted by atomic mass is 35.5. The van der Waals surface area contributed by atoms with Crippen molar-refractivity contribution in [3.63, 3.8) is 0 Å². The number of carbonyl (C=O) groups excluding carboxylic acids is 1. The highest BCUT2D eigenvalue weighted by Gasteiger charge is 2.17. The normalized spacial score (nSPS) is 13.1. The Morgan fingerprint density at radius 3 is 2.96 bits per heavy atom. The number of aryl methyl sites for hydroxylation is 1. The maximum absolute atomic E-state index is 11.8. The number of carbonyl (C=O) groups is 1. The van der Waals surface area contributed by atoms with Crippen LogP contribution in [0.3, 0.4) is 0 Å². The second-order valence-corrected chi connectivity index (χ2v) is 5.75. The van der Waals surface area contributed by atoms with Gasteiger partial charge in [0.1, 0.15) is 19.8 Å². The molecule has 124 valence electrons. The van der Waals surface area contributed by atoms with Crippen molar-refractivity contribution in [2.45, 2.75) is 13.5 Å². The Labute approximate surface area is 144 Å². The molecule has 1 aromatic heterocycles. The SMILES string of the molecule is Cc1cncc(/C=C/C(=O)OCc2cc(Cl)c3c(c2)OCCO3)c1. The van der Waals surface area contributed by atoms with E-state index in [1.54, 1.807) is 30.6 Å². The summed E-state index contributed by atoms with van der Waals surface area (Å²) >= 11 is 6.15. The summed E-state index contributed by atoms with van der Waals surface area (Å²) in [5, 5.41) is 0.444. The van der Waals surface area contributed by atoms with Crippen LogP contribution in [0, 0.1) is 6.92 Å². The number of pyridine rings is 1. The van der Waals surface area contributed by atoms with E-state index in [4.69, 9.17) is 25.8 Å². The Kier molecular flexibility index (Phi) is 5.01. The van der Waals surface area contributed by atoms with E-state index < -0.39 is 5.97 Å². The van der Waals surface area contributed by atoms with Crippen LogP contribution in [0.15, 0.2) is 36.7 Å². The number of hydrogen-bond donors (Lipinski definition) is 0. The van der Waals surface area contributed by atoms with E-state index in [2.05, 4.69) is 4.98 Å². The zero-order valence-electron chi connectivity index (χ0n) is 13.1. The number of halogens is 1. The van der Waals surface area contributed by atoms with Gasteiger partial charge in [0.15, 0.2) is 11.5 Å². The first-order chi connectivity index (χ1) is 11.6. The Morgan fingerprint density at radius 1 is 1.29 bits per heavy atom. The molecule has 0 fully saturated rings. The van der Waals surface area contributed by atoms with Gasteiger partial charge in [0.05, 0.1) is 5.02 Å². The third kappa shape index (κ3) is 4.06. The molecule has 0 amide bonds. The lowest BCUT2D eigenvalue weighted by atomic mass is 10.2. The van der Waals surface area contributed by atoms with Crippen LogP contribution in [0.4, 0.5) is 0 Å². The summed E-state index contributed by atoms with van der Waals surface area (Å²) in [6.07, 6.45) is 6.47. The van der Waals surface area contributed by atoms with Gasteiger partial charge in [-0.3, -0.25) is 4.98 Å². The van der Waals surface area contributed by atoms with E-state index in [1.165, 1.54) is 6.08 Å². The molecule has 0 saturated heterocycles. The largest absolute Gasteiger partial charge is 0.486 e. The number of fused-ring (bicyclic) bond motifs is 1. The van der Waals surface area contributed by atoms with Gasteiger partial charge in [0, 0.05) is 18.5 Å². The molecule has 5 nitrogen and oxygen atoms in total. The van der Waals surface area contributed by atoms with E-state index in [-0.39, 0.29) is 6.61 Å². The van der Waals surface area contributed by atoms with Crippen LogP contribution < -0.4 is 9.47 Å². The van der Waals surface area contributed by atoms with Gasteiger partial charge in [-0.25, -0.2) is 4.79 Å². The molecule has 2 heterocycles. The monoisotopic (exact) mass is 345 g/mol. The molecule has 1 aliphatic heterocycles. The summed E-state index contributed by atoms with van der Waals surface area (Å²) in [5.74, 6) is 0.661. The van der Waals surface area contributed by atoms with Crippen molar-refractivity contribution in [3.8, 4) is 11.5 Å². The van der Waals surface area contributed by atoms with Crippen LogP contribution in [0.5, 0.6) is 11.5 Å². The number of benzene rings is 1. The Balaban J connectivity index is 1.61. The molecule has 0 radical (unpaired) electrons. The van der Waals surface area contributed by atoms with Gasteiger partial charge in [-0.2, -0.15) is 0 Å². The fraction of sp³-hybridized carbons (Fsp3) is 0.222. The first-order valence-electron chi connectivity index (χ1n) is 7.46. The average Bonchev–Trinajstić information content (AvgIpc) is 2.58. The lowest BCUT2D eigenvalue weighted by Gasteiger charge is -2.20. The van der Waals surface area contributed by atoms with Crippen LogP contribution in [-0.4, -0.2) is 24.2 Å². The summed E-state index contributed by atoms with van der Waals surface area (Å²) in [6, 6.07) is 5.40. The van der Waals surface area contributed by atoms with E-state index in [0.717, 1.165) is 16.7 Å². The minimum Gasteiger partial charge on any atom is -0.486 e. The van der Waals surface area contributed by atoms with Gasteiger partial charge in [-0.05, 0) is 47.9 Å². The molecule has 0 N–H and O–H groups in total. The topological polar surface area (TPSA) is 57.7 Å². The van der Waals surface area contributed by atoms with Gasteiger partial charge in [0.25, 0.3) is 0 Å². The molecule has 0 unspecified atom stereocenters. The van der Waals surface area contributed by atoms with Crippen LogP contribution in [0.2, 0.25) is 5.02 Å². The number of rotatable bonds is 4. The summed E-state index contributed by atoms with van der Waals surface area (Å²) in [5.41, 5.74) is 2.61. The summed E-state index contributed by atoms with van der Waals surface area (Å²) in [4.78, 5) is 15.9. The molecule has 0 aliphatic carbocycles. The maximum atomic E-state index is 11.8. The van der Waals surface area contributed by atoms with E-state index >= 15 is 0 Å². The van der Waals surface area contributed by atoms with Gasteiger partial charge >= 0.3 is 5.97 Å². The number of aromatic nitrogens is 1. The Bertz CT molecular complexity index is 789. The Hall–Kier alpha value is -2.53. The van der Waals surface area contributed by atoms with E-state index in [9.17, 15) is 4.79 Å². The second kappa shape index (κ2) is 7.36. The molecule has 2 aromatic rings. The molecule has 0 spiro atoms. The van der Waals surface area contributed by atoms with Crippen molar-refractivity contribution in [1.82, 2.24) is 4.98 Å². The highest BCUT2D eigenvalue weighted by Crippen LogP contribution is 2.38. The van der Waals surface area contributed by atoms with Crippen LogP contribution in [0.25, 0.3) is 6.08 Å². The van der Waals surface area contributed by atoms with Gasteiger partial charge in [0.2, 0.25) is 0 Å². The molecule has 0 atom stereocenters. The fourth-order valence-electron chi connectivity index (χ4n) is 2.28. The summed E-state index contributed by atoms with van der Waals surface area (Å²) in [6.45, 7) is 2.99. The fourth-order valence-corrected chi connectivity index (χ4v) is 2.57. The lowest BCUT2D eigenvalue weighted by Crippen LogP contribution is -2.16. The van der Waals surface area contributed by atoms with Crippen molar-refractivity contribution >= 4 is 23.6 Å². The Morgan fingerprint density at radius 2 is 2.12 bits per heavy atom. The molecule has 3 rings (SSSR count). The average molecular weight is 346 g/mol. The lowest BCUT2D eigenvalue weighted by molar-refractivity contribution is -0.138. The molecule has 6 heteroatoms. The zero-order valence-corrected chi connectivity index (χ0v) is 13.9. The van der Waals surface area contributed by atoms with E-state index in [1.807, 2.05) is 13.0 Å². The smallest absolute Gasteiger partial charge is 0.331 e. The van der Waals surface area contributed by atoms with Gasteiger partial charge < -0.3 is 14.2 Å². The predicted octanol–water partition coefficient (Wildman–Crippen LogP) is 3.57. The number of nitrogens with zero attached hydrogens (tertiary/aromatic N) is 1. The molecule has 1 aromatic carbocycles. The molecular formula is C18H16ClNO4. The van der Waals surface area contributed by atoms with Crippen molar-refractivity contribution in [3.05, 3.63) is 58.4 Å². The third-order valence-electron chi connectivity index (χ3n) is 3.35. The van der Waals surface area contributed by atoms with Crippen molar-refractivity contribution in [2.24, 2.45) is 0 Å². The van der Waals surface area contributed by atoms with E-state index in [0.29, 0.717) is 29.7 Å². The maximum Gasteiger partial charge on any atom is 0.331 e. The standard InChI is InChI=1S/C18H16ClNO4/c1-12-6-13(10-20-9-12)2-3-17(21)24-11-14-7-15(19)18-16(8-14)22-4-5-23-18/h2-3,6-10H,4-5,11H2,1H3/b3-2+. The van der Waals surface area contributed by atoms with Gasteiger partial charge in [-0.15, -0.1) is 0 Å².